The van der Waals surface area contributed by atoms with Crippen molar-refractivity contribution in [3.05, 3.63) is 6.92 Å². The second kappa shape index (κ2) is 11.5. The number of halogens is 3. The normalized spacial score (nSPS) is 9.00. The Morgan fingerprint density at radius 1 is 1.43 bits per heavy atom. The molecule has 0 N–H and O–H groups in total. The van der Waals surface area contributed by atoms with Crippen LogP contribution in [0.15, 0.2) is 0 Å². The molecule has 0 aromatic rings. The Morgan fingerprint density at radius 2 is 1.43 bits per heavy atom. The standard InChI is InChI=1S/C3H7.Co.3HI/c1-3-2;;;;/h1,3H2,2H3;;3*1H/q-1;+3;;;/p-3. The summed E-state index contributed by atoms with van der Waals surface area (Å²) >= 11 is 7.14. The predicted molar refractivity (Wildman–Crippen MR) is 57.7 cm³/mol. The summed E-state index contributed by atoms with van der Waals surface area (Å²) in [5, 5.41) is 0. The molecule has 0 aromatic heterocycles. The van der Waals surface area contributed by atoms with Crippen molar-refractivity contribution in [2.75, 3.05) is 0 Å². The summed E-state index contributed by atoms with van der Waals surface area (Å²) in [6, 6.07) is 0. The van der Waals surface area contributed by atoms with Gasteiger partial charge in [0.25, 0.3) is 0 Å². The van der Waals surface area contributed by atoms with Crippen molar-refractivity contribution in [3.8, 4) is 0 Å². The van der Waals surface area contributed by atoms with E-state index < -0.39 is 0 Å². The molecule has 0 saturated carbocycles. The van der Waals surface area contributed by atoms with E-state index in [1.165, 1.54) is 0 Å². The molecule has 7 heavy (non-hydrogen) atoms. The monoisotopic (exact) mass is 483 g/mol. The molecular formula is C3H7CoI3-. The van der Waals surface area contributed by atoms with Gasteiger partial charge in [0.15, 0.2) is 0 Å². The molecule has 50 valence electrons. The molecule has 0 aliphatic rings. The molecule has 0 saturated heterocycles. The molecule has 0 aromatic carbocycles. The summed E-state index contributed by atoms with van der Waals surface area (Å²) in [5.74, 6) is 0. The van der Waals surface area contributed by atoms with Crippen LogP contribution in [0.25, 0.3) is 0 Å². The Kier molecular flexibility index (Phi) is 20.3. The number of hydrogen-bond donors (Lipinski definition) is 0. The SMILES string of the molecule is [CH2-]CC.[I][Co]([I])[I]. The van der Waals surface area contributed by atoms with Gasteiger partial charge in [0.2, 0.25) is 0 Å². The average molecular weight is 483 g/mol. The van der Waals surface area contributed by atoms with Crippen LogP contribution in [0.4, 0.5) is 0 Å². The quantitative estimate of drug-likeness (QED) is 0.363. The first-order valence-electron chi connectivity index (χ1n) is 1.59. The Balaban J connectivity index is 0. The van der Waals surface area contributed by atoms with E-state index in [9.17, 15) is 0 Å². The summed E-state index contributed by atoms with van der Waals surface area (Å²) in [5.41, 5.74) is 0. The van der Waals surface area contributed by atoms with Crippen molar-refractivity contribution >= 4 is 61.2 Å². The van der Waals surface area contributed by atoms with Gasteiger partial charge in [-0.05, 0) is 0 Å². The molecule has 0 aliphatic heterocycles. The van der Waals surface area contributed by atoms with E-state index in [-0.39, 0.29) is 0 Å². The maximum atomic E-state index is 3.49. The molecule has 0 rings (SSSR count). The van der Waals surface area contributed by atoms with E-state index >= 15 is 0 Å². The Bertz CT molecular complexity index is 21.4. The van der Waals surface area contributed by atoms with E-state index in [4.69, 9.17) is 0 Å². The Morgan fingerprint density at radius 3 is 1.43 bits per heavy atom. The Labute approximate surface area is 83.8 Å². The zero-order chi connectivity index (χ0) is 6.28. The third-order valence-electron chi connectivity index (χ3n) is 0. The van der Waals surface area contributed by atoms with E-state index in [1.54, 1.807) is 0 Å². The minimum atomic E-state index is 0.306. The molecule has 0 heterocycles. The molecule has 0 nitrogen and oxygen atoms in total. The third-order valence-corrected chi connectivity index (χ3v) is 0. The van der Waals surface area contributed by atoms with Gasteiger partial charge in [-0.15, -0.1) is 0 Å². The third kappa shape index (κ3) is 53.6. The van der Waals surface area contributed by atoms with Crippen molar-refractivity contribution in [2.24, 2.45) is 0 Å². The zero-order valence-corrected chi connectivity index (χ0v) is 11.4. The van der Waals surface area contributed by atoms with Gasteiger partial charge in [-0.3, -0.25) is 0 Å². The molecular weight excluding hydrogens is 476 g/mol. The van der Waals surface area contributed by atoms with Crippen LogP contribution in [-0.4, -0.2) is 0 Å². The molecule has 0 aliphatic carbocycles. The summed E-state index contributed by atoms with van der Waals surface area (Å²) in [6.45, 7) is 5.50. The maximum absolute atomic E-state index is 3.49. The molecule has 0 unspecified atom stereocenters. The van der Waals surface area contributed by atoms with Crippen molar-refractivity contribution in [2.45, 2.75) is 13.3 Å². The van der Waals surface area contributed by atoms with Crippen LogP contribution in [0.2, 0.25) is 0 Å². The van der Waals surface area contributed by atoms with Crippen LogP contribution in [-0.2, 0) is 4.00 Å². The van der Waals surface area contributed by atoms with Gasteiger partial charge in [0.1, 0.15) is 0 Å². The minimum absolute atomic E-state index is 0.306. The fourth-order valence-corrected chi connectivity index (χ4v) is 0. The summed E-state index contributed by atoms with van der Waals surface area (Å²) in [4.78, 5) is 0. The van der Waals surface area contributed by atoms with Crippen molar-refractivity contribution in [1.29, 1.82) is 0 Å². The first-order chi connectivity index (χ1) is 3.15. The molecule has 0 spiro atoms. The molecule has 0 fully saturated rings. The van der Waals surface area contributed by atoms with Gasteiger partial charge in [-0.1, -0.05) is 6.92 Å². The van der Waals surface area contributed by atoms with E-state index in [2.05, 4.69) is 68.2 Å². The fraction of sp³-hybridized carbons (Fsp3) is 0.667. The van der Waals surface area contributed by atoms with Gasteiger partial charge in [0.05, 0.1) is 0 Å². The van der Waals surface area contributed by atoms with E-state index in [0.717, 1.165) is 6.42 Å². The first-order valence-corrected chi connectivity index (χ1v) is 11.7. The van der Waals surface area contributed by atoms with Gasteiger partial charge in [-0.25, -0.2) is 0 Å². The predicted octanol–water partition coefficient (Wildman–Crippen LogP) is 3.89. The molecule has 0 bridgehead atoms. The number of rotatable bonds is 0. The molecule has 0 radical (unpaired) electrons. The summed E-state index contributed by atoms with van der Waals surface area (Å²) < 4.78 is 0.306. The fourth-order valence-electron chi connectivity index (χ4n) is 0. The number of hydrogen-bond acceptors (Lipinski definition) is 0. The Hall–Kier alpha value is 2.70. The van der Waals surface area contributed by atoms with Gasteiger partial charge >= 0.3 is 65.3 Å². The van der Waals surface area contributed by atoms with Gasteiger partial charge < -0.3 is 6.92 Å². The molecule has 0 amide bonds. The van der Waals surface area contributed by atoms with Crippen LogP contribution in [0, 0.1) is 6.92 Å². The van der Waals surface area contributed by atoms with Crippen molar-refractivity contribution in [3.63, 3.8) is 0 Å². The van der Waals surface area contributed by atoms with Crippen LogP contribution >= 0.6 is 61.2 Å². The first kappa shape index (κ1) is 12.4. The summed E-state index contributed by atoms with van der Waals surface area (Å²) in [6.07, 6.45) is 1.00. The van der Waals surface area contributed by atoms with Crippen LogP contribution in [0.5, 0.6) is 0 Å². The van der Waals surface area contributed by atoms with Gasteiger partial charge in [-0.2, -0.15) is 6.42 Å². The zero-order valence-electron chi connectivity index (χ0n) is 3.88. The second-order valence-corrected chi connectivity index (χ2v) is 27.0. The van der Waals surface area contributed by atoms with Crippen LogP contribution < -0.4 is 0 Å². The van der Waals surface area contributed by atoms with E-state index in [0.29, 0.717) is 4.00 Å². The van der Waals surface area contributed by atoms with Crippen molar-refractivity contribution < 1.29 is 4.00 Å². The average Bonchev–Trinajstić information content (AvgIpc) is 1.33. The summed E-state index contributed by atoms with van der Waals surface area (Å²) in [7, 11) is 0. The van der Waals surface area contributed by atoms with Crippen molar-refractivity contribution in [1.82, 2.24) is 0 Å². The second-order valence-electron chi connectivity index (χ2n) is 0.643. The van der Waals surface area contributed by atoms with Crippen LogP contribution in [0.1, 0.15) is 13.3 Å². The van der Waals surface area contributed by atoms with Gasteiger partial charge in [0, 0.05) is 0 Å². The molecule has 0 atom stereocenters. The van der Waals surface area contributed by atoms with Crippen LogP contribution in [0.3, 0.4) is 0 Å². The molecule has 4 heteroatoms. The topological polar surface area (TPSA) is 0 Å². The van der Waals surface area contributed by atoms with E-state index in [1.807, 2.05) is 6.92 Å².